The topological polar surface area (TPSA) is 78.9 Å². The molecule has 0 aromatic heterocycles. The van der Waals surface area contributed by atoms with E-state index in [1.165, 1.54) is 13.0 Å². The maximum atomic E-state index is 14.5. The normalized spacial score (nSPS) is 13.1. The van der Waals surface area contributed by atoms with Crippen molar-refractivity contribution in [3.05, 3.63) is 89.5 Å². The summed E-state index contributed by atoms with van der Waals surface area (Å²) in [6, 6.07) is 7.24. The molecule has 6 nitrogen and oxygen atoms in total. The Morgan fingerprint density at radius 1 is 0.853 bits per heavy atom. The third-order valence-corrected chi connectivity index (χ3v) is 5.03. The minimum Gasteiger partial charge on any atom is -0.462 e. The first kappa shape index (κ1) is 26.5. The SMILES string of the molecule is C=C(C)C(=O)OCC(COC(=O)C(=C)C)c1ccc(C2=CC(F)=C(OC(=O)C(=C)C)CC2)cc1. The van der Waals surface area contributed by atoms with Gasteiger partial charge in [-0.1, -0.05) is 44.0 Å². The van der Waals surface area contributed by atoms with Crippen LogP contribution < -0.4 is 0 Å². The number of ether oxygens (including phenoxy) is 3. The second-order valence-corrected chi connectivity index (χ2v) is 8.19. The van der Waals surface area contributed by atoms with Crippen molar-refractivity contribution in [2.75, 3.05) is 13.2 Å². The van der Waals surface area contributed by atoms with Crippen LogP contribution in [-0.2, 0) is 28.6 Å². The molecule has 0 N–H and O–H groups in total. The van der Waals surface area contributed by atoms with Gasteiger partial charge in [0.05, 0.1) is 5.92 Å². The third kappa shape index (κ3) is 7.40. The number of allylic oxidation sites excluding steroid dienone is 4. The molecule has 0 heterocycles. The van der Waals surface area contributed by atoms with Crippen molar-refractivity contribution in [1.29, 1.82) is 0 Å². The number of hydrogen-bond acceptors (Lipinski definition) is 6. The molecule has 0 saturated carbocycles. The average molecular weight is 469 g/mol. The second kappa shape index (κ2) is 11.9. The maximum Gasteiger partial charge on any atom is 0.338 e. The highest BCUT2D eigenvalue weighted by Crippen LogP contribution is 2.32. The van der Waals surface area contributed by atoms with E-state index in [4.69, 9.17) is 14.2 Å². The minimum atomic E-state index is -0.655. The largest absolute Gasteiger partial charge is 0.462 e. The van der Waals surface area contributed by atoms with Crippen LogP contribution in [0.25, 0.3) is 5.57 Å². The van der Waals surface area contributed by atoms with Gasteiger partial charge in [0, 0.05) is 23.1 Å². The Balaban J connectivity index is 2.19. The lowest BCUT2D eigenvalue weighted by atomic mass is 9.93. The van der Waals surface area contributed by atoms with E-state index in [0.717, 1.165) is 16.7 Å². The Bertz CT molecular complexity index is 1040. The van der Waals surface area contributed by atoms with Crippen LogP contribution in [0.4, 0.5) is 4.39 Å². The summed E-state index contributed by atoms with van der Waals surface area (Å²) in [4.78, 5) is 35.3. The molecule has 0 aliphatic heterocycles. The molecule has 0 bridgehead atoms. The monoisotopic (exact) mass is 468 g/mol. The zero-order valence-electron chi connectivity index (χ0n) is 19.7. The van der Waals surface area contributed by atoms with Crippen molar-refractivity contribution in [1.82, 2.24) is 0 Å². The molecule has 34 heavy (non-hydrogen) atoms. The number of esters is 3. The Labute approximate surface area is 199 Å². The molecule has 2 rings (SSSR count). The van der Waals surface area contributed by atoms with Gasteiger partial charge in [0.25, 0.3) is 0 Å². The van der Waals surface area contributed by atoms with E-state index in [9.17, 15) is 18.8 Å². The predicted molar refractivity (Wildman–Crippen MR) is 127 cm³/mol. The maximum absolute atomic E-state index is 14.5. The van der Waals surface area contributed by atoms with Gasteiger partial charge in [-0.25, -0.2) is 18.8 Å². The number of benzene rings is 1. The van der Waals surface area contributed by atoms with Gasteiger partial charge >= 0.3 is 17.9 Å². The highest BCUT2D eigenvalue weighted by atomic mass is 19.1. The number of carbonyl (C=O) groups is 3. The van der Waals surface area contributed by atoms with Crippen LogP contribution in [0.5, 0.6) is 0 Å². The Morgan fingerprint density at radius 3 is 1.79 bits per heavy atom. The van der Waals surface area contributed by atoms with E-state index in [0.29, 0.717) is 6.42 Å². The first-order valence-corrected chi connectivity index (χ1v) is 10.7. The summed E-state index contributed by atoms with van der Waals surface area (Å²) in [5, 5.41) is 0. The molecule has 0 saturated heterocycles. The average Bonchev–Trinajstić information content (AvgIpc) is 2.79. The summed E-state index contributed by atoms with van der Waals surface area (Å²) in [6.45, 7) is 15.2. The zero-order valence-corrected chi connectivity index (χ0v) is 19.7. The van der Waals surface area contributed by atoms with Gasteiger partial charge in [0.2, 0.25) is 0 Å². The highest BCUT2D eigenvalue weighted by Gasteiger charge is 2.21. The molecule has 0 unspecified atom stereocenters. The quantitative estimate of drug-likeness (QED) is 0.257. The van der Waals surface area contributed by atoms with E-state index in [1.807, 2.05) is 24.3 Å². The van der Waals surface area contributed by atoms with Gasteiger partial charge in [-0.3, -0.25) is 0 Å². The smallest absolute Gasteiger partial charge is 0.338 e. The van der Waals surface area contributed by atoms with Gasteiger partial charge in [-0.2, -0.15) is 0 Å². The van der Waals surface area contributed by atoms with Gasteiger partial charge < -0.3 is 14.2 Å². The van der Waals surface area contributed by atoms with Crippen LogP contribution >= 0.6 is 0 Å². The van der Waals surface area contributed by atoms with Crippen molar-refractivity contribution in [3.8, 4) is 0 Å². The second-order valence-electron chi connectivity index (χ2n) is 8.19. The highest BCUT2D eigenvalue weighted by molar-refractivity contribution is 5.88. The van der Waals surface area contributed by atoms with Crippen LogP contribution in [0.1, 0.15) is 50.7 Å². The summed E-state index contributed by atoms with van der Waals surface area (Å²) < 4.78 is 30.1. The van der Waals surface area contributed by atoms with E-state index in [-0.39, 0.29) is 42.1 Å². The Hall–Kier alpha value is -3.74. The van der Waals surface area contributed by atoms with E-state index in [1.54, 1.807) is 13.8 Å². The molecule has 1 aromatic carbocycles. The molecule has 180 valence electrons. The fourth-order valence-electron chi connectivity index (χ4n) is 3.01. The van der Waals surface area contributed by atoms with Crippen LogP contribution in [0.2, 0.25) is 0 Å². The lowest BCUT2D eigenvalue weighted by Crippen LogP contribution is -2.20. The number of rotatable bonds is 10. The van der Waals surface area contributed by atoms with E-state index in [2.05, 4.69) is 19.7 Å². The Kier molecular flexibility index (Phi) is 9.30. The number of halogens is 1. The van der Waals surface area contributed by atoms with E-state index < -0.39 is 29.7 Å². The molecule has 0 fully saturated rings. The lowest BCUT2D eigenvalue weighted by Gasteiger charge is -2.19. The van der Waals surface area contributed by atoms with Crippen molar-refractivity contribution in [2.24, 2.45) is 0 Å². The van der Waals surface area contributed by atoms with Crippen LogP contribution in [0.3, 0.4) is 0 Å². The summed E-state index contributed by atoms with van der Waals surface area (Å²) >= 11 is 0. The van der Waals surface area contributed by atoms with Crippen molar-refractivity contribution >= 4 is 23.5 Å². The summed E-state index contributed by atoms with van der Waals surface area (Å²) in [5.41, 5.74) is 3.04. The molecule has 7 heteroatoms. The van der Waals surface area contributed by atoms with Crippen molar-refractivity contribution < 1.29 is 33.0 Å². The molecule has 0 amide bonds. The molecular weight excluding hydrogens is 439 g/mol. The summed E-state index contributed by atoms with van der Waals surface area (Å²) in [6.07, 6.45) is 2.08. The Morgan fingerprint density at radius 2 is 1.35 bits per heavy atom. The first-order chi connectivity index (χ1) is 16.0. The molecule has 0 spiro atoms. The molecular formula is C27H29FO6. The van der Waals surface area contributed by atoms with Gasteiger partial charge in [-0.15, -0.1) is 0 Å². The standard InChI is InChI=1S/C27H29FO6/c1-16(2)25(29)32-14-22(15-33-26(30)17(3)4)20-9-7-19(8-10-20)21-11-12-24(23(28)13-21)34-27(31)18(5)6/h7-10,13,22H,1,3,5,11-12,14-15H2,2,4,6H3. The summed E-state index contributed by atoms with van der Waals surface area (Å²) in [5.74, 6) is -2.75. The fraction of sp³-hybridized carbons (Fsp3) is 0.296. The van der Waals surface area contributed by atoms with E-state index >= 15 is 0 Å². The van der Waals surface area contributed by atoms with Gasteiger partial charge in [0.15, 0.2) is 5.83 Å². The first-order valence-electron chi connectivity index (χ1n) is 10.7. The van der Waals surface area contributed by atoms with Crippen LogP contribution in [-0.4, -0.2) is 31.1 Å². The van der Waals surface area contributed by atoms with Gasteiger partial charge in [-0.05, 0) is 50.0 Å². The minimum absolute atomic E-state index is 0.00732. The number of carbonyl (C=O) groups excluding carboxylic acids is 3. The lowest BCUT2D eigenvalue weighted by molar-refractivity contribution is -0.142. The van der Waals surface area contributed by atoms with Crippen molar-refractivity contribution in [2.45, 2.75) is 39.5 Å². The fourth-order valence-corrected chi connectivity index (χ4v) is 3.01. The molecule has 1 aromatic rings. The zero-order chi connectivity index (χ0) is 25.4. The summed E-state index contributed by atoms with van der Waals surface area (Å²) in [7, 11) is 0. The van der Waals surface area contributed by atoms with Crippen molar-refractivity contribution in [3.63, 3.8) is 0 Å². The molecule has 1 aliphatic rings. The van der Waals surface area contributed by atoms with Crippen LogP contribution in [0, 0.1) is 0 Å². The molecule has 0 atom stereocenters. The van der Waals surface area contributed by atoms with Crippen LogP contribution in [0.15, 0.2) is 78.4 Å². The molecule has 1 aliphatic carbocycles. The van der Waals surface area contributed by atoms with Gasteiger partial charge in [0.1, 0.15) is 19.0 Å². The third-order valence-electron chi connectivity index (χ3n) is 5.03. The number of hydrogen-bond donors (Lipinski definition) is 0. The molecule has 0 radical (unpaired) electrons. The predicted octanol–water partition coefficient (Wildman–Crippen LogP) is 5.49.